The lowest BCUT2D eigenvalue weighted by Crippen LogP contribution is -2.37. The van der Waals surface area contributed by atoms with Gasteiger partial charge in [0, 0.05) is 25.7 Å². The number of alkyl halides is 1. The molecule has 0 aromatic rings. The summed E-state index contributed by atoms with van der Waals surface area (Å²) < 4.78 is 4.61. The maximum absolute atomic E-state index is 11.1. The van der Waals surface area contributed by atoms with Crippen LogP contribution in [0.3, 0.4) is 0 Å². The highest BCUT2D eigenvalue weighted by atomic mass is 79.9. The van der Waals surface area contributed by atoms with E-state index >= 15 is 0 Å². The van der Waals surface area contributed by atoms with Crippen molar-refractivity contribution in [1.29, 1.82) is 0 Å². The summed E-state index contributed by atoms with van der Waals surface area (Å²) in [5.41, 5.74) is 0. The molecule has 0 aliphatic carbocycles. The van der Waals surface area contributed by atoms with E-state index in [0.29, 0.717) is 12.6 Å². The highest BCUT2D eigenvalue weighted by Crippen LogP contribution is 2.00. The van der Waals surface area contributed by atoms with Gasteiger partial charge in [0.1, 0.15) is 4.83 Å². The number of carbonyl (C=O) groups is 1. The molecule has 96 valence electrons. The molecule has 0 aliphatic rings. The number of rotatable bonds is 8. The normalized spacial score (nSPS) is 14.9. The SMILES string of the molecule is CCC(C)N(C)CCNCC(Br)C(=O)OC. The highest BCUT2D eigenvalue weighted by molar-refractivity contribution is 9.10. The van der Waals surface area contributed by atoms with E-state index in [1.54, 1.807) is 0 Å². The quantitative estimate of drug-likeness (QED) is 0.416. The lowest BCUT2D eigenvalue weighted by molar-refractivity contribution is -0.139. The number of hydrogen-bond donors (Lipinski definition) is 1. The van der Waals surface area contributed by atoms with Gasteiger partial charge in [-0.2, -0.15) is 0 Å². The molecule has 16 heavy (non-hydrogen) atoms. The Morgan fingerprint density at radius 2 is 2.19 bits per heavy atom. The van der Waals surface area contributed by atoms with Crippen LogP contribution >= 0.6 is 15.9 Å². The number of carbonyl (C=O) groups excluding carboxylic acids is 1. The second-order valence-corrected chi connectivity index (χ2v) is 5.04. The summed E-state index contributed by atoms with van der Waals surface area (Å²) in [6.07, 6.45) is 1.15. The molecule has 0 aromatic carbocycles. The van der Waals surface area contributed by atoms with Gasteiger partial charge in [0.2, 0.25) is 0 Å². The molecule has 0 heterocycles. The Morgan fingerprint density at radius 3 is 2.69 bits per heavy atom. The Kier molecular flexibility index (Phi) is 8.89. The first-order valence-electron chi connectivity index (χ1n) is 5.65. The molecule has 0 saturated carbocycles. The number of halogens is 1. The second-order valence-electron chi connectivity index (χ2n) is 3.93. The predicted octanol–water partition coefficient (Wildman–Crippen LogP) is 1.24. The van der Waals surface area contributed by atoms with E-state index in [4.69, 9.17) is 0 Å². The van der Waals surface area contributed by atoms with E-state index in [-0.39, 0.29) is 10.8 Å². The summed E-state index contributed by atoms with van der Waals surface area (Å²) in [6.45, 7) is 6.85. The fraction of sp³-hybridized carbons (Fsp3) is 0.909. The molecular weight excluding hydrogens is 272 g/mol. The van der Waals surface area contributed by atoms with E-state index < -0.39 is 0 Å². The number of ether oxygens (including phenoxy) is 1. The van der Waals surface area contributed by atoms with Crippen molar-refractivity contribution in [2.75, 3.05) is 33.8 Å². The van der Waals surface area contributed by atoms with Gasteiger partial charge in [-0.05, 0) is 20.4 Å². The lowest BCUT2D eigenvalue weighted by Gasteiger charge is -2.23. The third-order valence-corrected chi connectivity index (χ3v) is 3.46. The van der Waals surface area contributed by atoms with E-state index in [1.807, 2.05) is 0 Å². The van der Waals surface area contributed by atoms with Gasteiger partial charge < -0.3 is 15.0 Å². The van der Waals surface area contributed by atoms with Crippen LogP contribution in [0.1, 0.15) is 20.3 Å². The molecule has 1 N–H and O–H groups in total. The molecule has 0 aromatic heterocycles. The van der Waals surface area contributed by atoms with Gasteiger partial charge in [-0.3, -0.25) is 4.79 Å². The molecule has 0 aliphatic heterocycles. The van der Waals surface area contributed by atoms with Crippen molar-refractivity contribution in [2.45, 2.75) is 31.1 Å². The van der Waals surface area contributed by atoms with Crippen LogP contribution in [-0.4, -0.2) is 55.5 Å². The van der Waals surface area contributed by atoms with Gasteiger partial charge in [-0.1, -0.05) is 22.9 Å². The van der Waals surface area contributed by atoms with Gasteiger partial charge in [0.05, 0.1) is 7.11 Å². The van der Waals surface area contributed by atoms with E-state index in [9.17, 15) is 4.79 Å². The van der Waals surface area contributed by atoms with Gasteiger partial charge in [-0.15, -0.1) is 0 Å². The van der Waals surface area contributed by atoms with E-state index in [1.165, 1.54) is 7.11 Å². The predicted molar refractivity (Wildman–Crippen MR) is 70.0 cm³/mol. The minimum atomic E-state index is -0.258. The first kappa shape index (κ1) is 15.9. The second kappa shape index (κ2) is 8.96. The largest absolute Gasteiger partial charge is 0.468 e. The molecule has 0 bridgehead atoms. The Balaban J connectivity index is 3.56. The summed E-state index contributed by atoms with van der Waals surface area (Å²) in [5.74, 6) is -0.234. The average molecular weight is 295 g/mol. The monoisotopic (exact) mass is 294 g/mol. The number of esters is 1. The van der Waals surface area contributed by atoms with Crippen LogP contribution in [0.4, 0.5) is 0 Å². The van der Waals surface area contributed by atoms with Crippen LogP contribution in [-0.2, 0) is 9.53 Å². The van der Waals surface area contributed by atoms with Crippen molar-refractivity contribution < 1.29 is 9.53 Å². The zero-order chi connectivity index (χ0) is 12.6. The average Bonchev–Trinajstić information content (AvgIpc) is 2.31. The molecule has 2 unspecified atom stereocenters. The minimum Gasteiger partial charge on any atom is -0.468 e. The maximum Gasteiger partial charge on any atom is 0.320 e. The zero-order valence-corrected chi connectivity index (χ0v) is 12.2. The third-order valence-electron chi connectivity index (χ3n) is 2.77. The van der Waals surface area contributed by atoms with Gasteiger partial charge >= 0.3 is 5.97 Å². The molecule has 0 spiro atoms. The molecule has 0 saturated heterocycles. The topological polar surface area (TPSA) is 41.6 Å². The van der Waals surface area contributed by atoms with Crippen LogP contribution < -0.4 is 5.32 Å². The molecule has 2 atom stereocenters. The summed E-state index contributed by atoms with van der Waals surface area (Å²) >= 11 is 3.26. The van der Waals surface area contributed by atoms with Crippen LogP contribution in [0.25, 0.3) is 0 Å². The maximum atomic E-state index is 11.1. The third kappa shape index (κ3) is 6.45. The zero-order valence-electron chi connectivity index (χ0n) is 10.6. The van der Waals surface area contributed by atoms with Crippen molar-refractivity contribution in [3.63, 3.8) is 0 Å². The Morgan fingerprint density at radius 1 is 1.56 bits per heavy atom. The molecule has 5 heteroatoms. The van der Waals surface area contributed by atoms with Gasteiger partial charge in [0.15, 0.2) is 0 Å². The first-order chi connectivity index (χ1) is 7.52. The van der Waals surface area contributed by atoms with Crippen molar-refractivity contribution >= 4 is 21.9 Å². The molecule has 0 radical (unpaired) electrons. The van der Waals surface area contributed by atoms with Gasteiger partial charge in [-0.25, -0.2) is 0 Å². The van der Waals surface area contributed by atoms with Gasteiger partial charge in [0.25, 0.3) is 0 Å². The van der Waals surface area contributed by atoms with E-state index in [2.05, 4.69) is 51.8 Å². The molecule has 4 nitrogen and oxygen atoms in total. The Labute approximate surface area is 107 Å². The molecule has 0 amide bonds. The molecule has 0 rings (SSSR count). The fourth-order valence-electron chi connectivity index (χ4n) is 1.23. The van der Waals surface area contributed by atoms with Crippen LogP contribution in [0.2, 0.25) is 0 Å². The summed E-state index contributed by atoms with van der Waals surface area (Å²) in [5, 5.41) is 3.22. The standard InChI is InChI=1S/C11H23BrN2O2/c1-5-9(2)14(3)7-6-13-8-10(12)11(15)16-4/h9-10,13H,5-8H2,1-4H3. The van der Waals surface area contributed by atoms with Crippen LogP contribution in [0, 0.1) is 0 Å². The summed E-state index contributed by atoms with van der Waals surface area (Å²) in [4.78, 5) is 13.1. The molecular formula is C11H23BrN2O2. The first-order valence-corrected chi connectivity index (χ1v) is 6.57. The van der Waals surface area contributed by atoms with Crippen LogP contribution in [0.5, 0.6) is 0 Å². The summed E-state index contributed by atoms with van der Waals surface area (Å²) in [6, 6.07) is 0.599. The highest BCUT2D eigenvalue weighted by Gasteiger charge is 2.14. The molecule has 0 fully saturated rings. The Hall–Kier alpha value is -0.130. The minimum absolute atomic E-state index is 0.234. The summed E-state index contributed by atoms with van der Waals surface area (Å²) in [7, 11) is 3.51. The van der Waals surface area contributed by atoms with Crippen molar-refractivity contribution in [3.8, 4) is 0 Å². The van der Waals surface area contributed by atoms with Crippen LogP contribution in [0.15, 0.2) is 0 Å². The smallest absolute Gasteiger partial charge is 0.320 e. The number of methoxy groups -OCH3 is 1. The number of nitrogens with zero attached hydrogens (tertiary/aromatic N) is 1. The van der Waals surface area contributed by atoms with E-state index in [0.717, 1.165) is 19.5 Å². The number of hydrogen-bond acceptors (Lipinski definition) is 4. The Bertz CT molecular complexity index is 202. The number of nitrogens with one attached hydrogen (secondary N) is 1. The van der Waals surface area contributed by atoms with Crippen molar-refractivity contribution in [3.05, 3.63) is 0 Å². The van der Waals surface area contributed by atoms with Crippen molar-refractivity contribution in [2.24, 2.45) is 0 Å². The van der Waals surface area contributed by atoms with Crippen molar-refractivity contribution in [1.82, 2.24) is 10.2 Å². The fourth-order valence-corrected chi connectivity index (χ4v) is 1.64. The lowest BCUT2D eigenvalue weighted by atomic mass is 10.2. The number of likely N-dealkylation sites (N-methyl/N-ethyl adjacent to an activating group) is 1.